The van der Waals surface area contributed by atoms with Crippen LogP contribution in [0.4, 0.5) is 8.78 Å². The third kappa shape index (κ3) is 1.79. The molecule has 0 N–H and O–H groups in total. The SMILES string of the molecule is O=C(Cl)/C=C1\CCc2c1ccc(F)c2F. The summed E-state index contributed by atoms with van der Waals surface area (Å²) in [5.74, 6) is -1.68. The van der Waals surface area contributed by atoms with Gasteiger partial charge in [-0.1, -0.05) is 6.07 Å². The molecule has 0 radical (unpaired) electrons. The smallest absolute Gasteiger partial charge is 0.245 e. The van der Waals surface area contributed by atoms with Crippen molar-refractivity contribution in [2.24, 2.45) is 0 Å². The summed E-state index contributed by atoms with van der Waals surface area (Å²) in [5.41, 5.74) is 1.59. The largest absolute Gasteiger partial charge is 0.276 e. The highest BCUT2D eigenvalue weighted by Crippen LogP contribution is 2.34. The van der Waals surface area contributed by atoms with E-state index in [0.717, 1.165) is 6.07 Å². The Morgan fingerprint density at radius 2 is 2.07 bits per heavy atom. The van der Waals surface area contributed by atoms with E-state index in [1.807, 2.05) is 0 Å². The van der Waals surface area contributed by atoms with E-state index in [-0.39, 0.29) is 0 Å². The van der Waals surface area contributed by atoms with E-state index in [1.54, 1.807) is 0 Å². The average Bonchev–Trinajstić information content (AvgIpc) is 2.55. The van der Waals surface area contributed by atoms with Gasteiger partial charge in [0.2, 0.25) is 5.24 Å². The van der Waals surface area contributed by atoms with Gasteiger partial charge in [0.15, 0.2) is 11.6 Å². The maximum absolute atomic E-state index is 13.3. The van der Waals surface area contributed by atoms with Crippen molar-refractivity contribution in [2.75, 3.05) is 0 Å². The zero-order valence-electron chi connectivity index (χ0n) is 7.69. The molecular formula is C11H7ClF2O. The van der Waals surface area contributed by atoms with Crippen LogP contribution in [-0.2, 0) is 11.2 Å². The standard InChI is InChI=1S/C11H7ClF2O/c12-10(15)5-6-1-2-8-7(6)3-4-9(13)11(8)14/h3-5H,1-2H2/b6-5+. The van der Waals surface area contributed by atoms with E-state index in [9.17, 15) is 13.6 Å². The molecule has 0 saturated heterocycles. The Morgan fingerprint density at radius 1 is 1.33 bits per heavy atom. The molecule has 78 valence electrons. The van der Waals surface area contributed by atoms with Gasteiger partial charge in [-0.15, -0.1) is 0 Å². The molecule has 1 aliphatic carbocycles. The number of fused-ring (bicyclic) bond motifs is 1. The number of allylic oxidation sites excluding steroid dienone is 2. The van der Waals surface area contributed by atoms with E-state index < -0.39 is 16.9 Å². The summed E-state index contributed by atoms with van der Waals surface area (Å²) in [6.07, 6.45) is 2.19. The molecule has 15 heavy (non-hydrogen) atoms. The van der Waals surface area contributed by atoms with Crippen LogP contribution in [0.2, 0.25) is 0 Å². The second-order valence-electron chi connectivity index (χ2n) is 3.36. The van der Waals surface area contributed by atoms with Crippen LogP contribution in [0.3, 0.4) is 0 Å². The van der Waals surface area contributed by atoms with E-state index in [0.29, 0.717) is 29.5 Å². The lowest BCUT2D eigenvalue weighted by atomic mass is 10.1. The molecule has 0 aliphatic heterocycles. The molecule has 0 amide bonds. The molecule has 1 nitrogen and oxygen atoms in total. The number of rotatable bonds is 1. The molecule has 0 atom stereocenters. The van der Waals surface area contributed by atoms with Crippen LogP contribution in [0, 0.1) is 11.6 Å². The second-order valence-corrected chi connectivity index (χ2v) is 3.73. The average molecular weight is 229 g/mol. The van der Waals surface area contributed by atoms with Crippen LogP contribution in [0.15, 0.2) is 18.2 Å². The van der Waals surface area contributed by atoms with Crippen molar-refractivity contribution >= 4 is 22.4 Å². The van der Waals surface area contributed by atoms with Crippen molar-refractivity contribution < 1.29 is 13.6 Å². The zero-order valence-corrected chi connectivity index (χ0v) is 8.44. The summed E-state index contributed by atoms with van der Waals surface area (Å²) in [6.45, 7) is 0. The minimum absolute atomic E-state index is 0.333. The molecule has 0 fully saturated rings. The Labute approximate surface area is 90.4 Å². The molecule has 1 aromatic rings. The molecular weight excluding hydrogens is 222 g/mol. The molecule has 0 unspecified atom stereocenters. The molecule has 4 heteroatoms. The number of hydrogen-bond acceptors (Lipinski definition) is 1. The van der Waals surface area contributed by atoms with E-state index in [2.05, 4.69) is 0 Å². The minimum atomic E-state index is -0.854. The normalized spacial score (nSPS) is 16.9. The first-order valence-corrected chi connectivity index (χ1v) is 4.84. The summed E-state index contributed by atoms with van der Waals surface area (Å²) in [5, 5.41) is -0.595. The minimum Gasteiger partial charge on any atom is -0.276 e. The van der Waals surface area contributed by atoms with Crippen molar-refractivity contribution in [1.82, 2.24) is 0 Å². The maximum Gasteiger partial charge on any atom is 0.245 e. The number of benzene rings is 1. The quantitative estimate of drug-likeness (QED) is 0.533. The van der Waals surface area contributed by atoms with Crippen molar-refractivity contribution in [2.45, 2.75) is 12.8 Å². The van der Waals surface area contributed by atoms with Gasteiger partial charge >= 0.3 is 0 Å². The number of hydrogen-bond donors (Lipinski definition) is 0. The predicted octanol–water partition coefficient (Wildman–Crippen LogP) is 3.06. The van der Waals surface area contributed by atoms with Gasteiger partial charge in [-0.25, -0.2) is 8.78 Å². The van der Waals surface area contributed by atoms with E-state index in [1.165, 1.54) is 12.1 Å². The summed E-state index contributed by atoms with van der Waals surface area (Å²) in [4.78, 5) is 10.7. The third-order valence-corrected chi connectivity index (χ3v) is 2.58. The summed E-state index contributed by atoms with van der Waals surface area (Å²) in [6, 6.07) is 2.54. The first-order valence-electron chi connectivity index (χ1n) is 4.47. The number of halogens is 3. The maximum atomic E-state index is 13.3. The van der Waals surface area contributed by atoms with Gasteiger partial charge in [0.25, 0.3) is 0 Å². The highest BCUT2D eigenvalue weighted by atomic mass is 35.5. The highest BCUT2D eigenvalue weighted by Gasteiger charge is 2.22. The zero-order chi connectivity index (χ0) is 11.0. The van der Waals surface area contributed by atoms with Gasteiger partial charge in [0, 0.05) is 6.08 Å². The molecule has 0 spiro atoms. The number of carbonyl (C=O) groups excluding carboxylic acids is 1. The Bertz CT molecular complexity index is 466. The van der Waals surface area contributed by atoms with Crippen LogP contribution in [0.5, 0.6) is 0 Å². The van der Waals surface area contributed by atoms with E-state index >= 15 is 0 Å². The van der Waals surface area contributed by atoms with Gasteiger partial charge in [0.1, 0.15) is 0 Å². The predicted molar refractivity (Wildman–Crippen MR) is 53.5 cm³/mol. The Balaban J connectivity index is 2.54. The lowest BCUT2D eigenvalue weighted by Crippen LogP contribution is -1.92. The summed E-state index contributed by atoms with van der Waals surface area (Å²) in [7, 11) is 0. The Morgan fingerprint density at radius 3 is 2.73 bits per heavy atom. The summed E-state index contributed by atoms with van der Waals surface area (Å²) >= 11 is 5.21. The van der Waals surface area contributed by atoms with Gasteiger partial charge in [-0.3, -0.25) is 4.79 Å². The monoisotopic (exact) mass is 228 g/mol. The highest BCUT2D eigenvalue weighted by molar-refractivity contribution is 6.67. The van der Waals surface area contributed by atoms with Gasteiger partial charge in [-0.2, -0.15) is 0 Å². The molecule has 0 heterocycles. The van der Waals surface area contributed by atoms with Gasteiger partial charge < -0.3 is 0 Å². The molecule has 1 aromatic carbocycles. The van der Waals surface area contributed by atoms with Crippen molar-refractivity contribution in [3.63, 3.8) is 0 Å². The van der Waals surface area contributed by atoms with Crippen LogP contribution in [-0.4, -0.2) is 5.24 Å². The first-order chi connectivity index (χ1) is 7.09. The van der Waals surface area contributed by atoms with Crippen molar-refractivity contribution in [3.8, 4) is 0 Å². The van der Waals surface area contributed by atoms with Gasteiger partial charge in [-0.05, 0) is 47.2 Å². The fraction of sp³-hybridized carbons (Fsp3) is 0.182. The Hall–Kier alpha value is -1.22. The van der Waals surface area contributed by atoms with Gasteiger partial charge in [0.05, 0.1) is 0 Å². The molecule has 2 rings (SSSR count). The van der Waals surface area contributed by atoms with Crippen molar-refractivity contribution in [1.29, 1.82) is 0 Å². The van der Waals surface area contributed by atoms with E-state index in [4.69, 9.17) is 11.6 Å². The lowest BCUT2D eigenvalue weighted by Gasteiger charge is -2.01. The topological polar surface area (TPSA) is 17.1 Å². The molecule has 1 aliphatic rings. The van der Waals surface area contributed by atoms with Crippen LogP contribution < -0.4 is 0 Å². The second kappa shape index (κ2) is 3.74. The lowest BCUT2D eigenvalue weighted by molar-refractivity contribution is -0.107. The summed E-state index contributed by atoms with van der Waals surface area (Å²) < 4.78 is 26.2. The first kappa shape index (κ1) is 10.3. The number of carbonyl (C=O) groups is 1. The Kier molecular flexibility index (Phi) is 2.57. The fourth-order valence-corrected chi connectivity index (χ4v) is 1.95. The van der Waals surface area contributed by atoms with Crippen LogP contribution in [0.1, 0.15) is 17.5 Å². The molecule has 0 bridgehead atoms. The fourth-order valence-electron chi connectivity index (χ4n) is 1.82. The molecule has 0 saturated carbocycles. The van der Waals surface area contributed by atoms with Crippen molar-refractivity contribution in [3.05, 3.63) is 41.0 Å². The van der Waals surface area contributed by atoms with Crippen LogP contribution >= 0.6 is 11.6 Å². The third-order valence-electron chi connectivity index (χ3n) is 2.47. The van der Waals surface area contributed by atoms with Crippen LogP contribution in [0.25, 0.3) is 5.57 Å². The molecule has 0 aromatic heterocycles.